The van der Waals surface area contributed by atoms with Crippen LogP contribution < -0.4 is 15.4 Å². The van der Waals surface area contributed by atoms with Gasteiger partial charge in [0.25, 0.3) is 5.69 Å². The zero-order valence-electron chi connectivity index (χ0n) is 13.8. The molecule has 0 heterocycles. The van der Waals surface area contributed by atoms with Crippen LogP contribution in [0.3, 0.4) is 0 Å². The molecule has 2 rings (SSSR count). The Morgan fingerprint density at radius 2 is 1.96 bits per heavy atom. The number of urea groups is 1. The van der Waals surface area contributed by atoms with Crippen molar-refractivity contribution in [2.45, 2.75) is 19.4 Å². The number of non-ortho nitro benzene ring substituents is 1. The molecular formula is C17H18ClN3O4. The van der Waals surface area contributed by atoms with Gasteiger partial charge in [-0.15, -0.1) is 0 Å². The summed E-state index contributed by atoms with van der Waals surface area (Å²) < 4.78 is 5.10. The quantitative estimate of drug-likeness (QED) is 0.582. The predicted octanol–water partition coefficient (Wildman–Crippen LogP) is 4.53. The summed E-state index contributed by atoms with van der Waals surface area (Å²) >= 11 is 5.88. The number of methoxy groups -OCH3 is 1. The van der Waals surface area contributed by atoms with Crippen LogP contribution >= 0.6 is 11.6 Å². The number of nitro groups is 1. The zero-order chi connectivity index (χ0) is 18.4. The van der Waals surface area contributed by atoms with Gasteiger partial charge in [-0.05, 0) is 30.2 Å². The van der Waals surface area contributed by atoms with Crippen LogP contribution in [0.4, 0.5) is 16.2 Å². The number of halogens is 1. The molecule has 0 aliphatic carbocycles. The van der Waals surface area contributed by atoms with Crippen molar-refractivity contribution in [2.75, 3.05) is 12.4 Å². The van der Waals surface area contributed by atoms with Crippen molar-refractivity contribution in [3.8, 4) is 5.75 Å². The van der Waals surface area contributed by atoms with Crippen molar-refractivity contribution in [2.24, 2.45) is 0 Å². The predicted molar refractivity (Wildman–Crippen MR) is 96.3 cm³/mol. The van der Waals surface area contributed by atoms with Gasteiger partial charge in [-0.1, -0.05) is 30.7 Å². The van der Waals surface area contributed by atoms with Crippen LogP contribution in [0.1, 0.15) is 24.9 Å². The van der Waals surface area contributed by atoms with E-state index in [1.54, 1.807) is 12.1 Å². The molecule has 0 saturated carbocycles. The van der Waals surface area contributed by atoms with Gasteiger partial charge in [0, 0.05) is 11.1 Å². The first-order valence-corrected chi connectivity index (χ1v) is 7.97. The van der Waals surface area contributed by atoms with E-state index in [1.807, 2.05) is 19.1 Å². The SMILES string of the molecule is CC[C@H](NC(=O)Nc1ccc([N+](=O)[O-])cc1OC)c1ccc(Cl)cc1. The standard InChI is InChI=1S/C17H18ClN3O4/c1-3-14(11-4-6-12(18)7-5-11)19-17(22)20-15-9-8-13(21(23)24)10-16(15)25-2/h4-10,14H,3H2,1-2H3,(H2,19,20,22)/t14-/m0/s1. The highest BCUT2D eigenvalue weighted by molar-refractivity contribution is 6.30. The van der Waals surface area contributed by atoms with Gasteiger partial charge in [0.05, 0.1) is 29.8 Å². The maximum absolute atomic E-state index is 12.3. The number of benzene rings is 2. The first kappa shape index (κ1) is 18.5. The van der Waals surface area contributed by atoms with Crippen molar-refractivity contribution >= 4 is 29.0 Å². The smallest absolute Gasteiger partial charge is 0.319 e. The highest BCUT2D eigenvalue weighted by atomic mass is 35.5. The van der Waals surface area contributed by atoms with E-state index in [4.69, 9.17) is 16.3 Å². The Morgan fingerprint density at radius 1 is 1.28 bits per heavy atom. The third-order valence-electron chi connectivity index (χ3n) is 3.63. The molecule has 7 nitrogen and oxygen atoms in total. The van der Waals surface area contributed by atoms with Crippen LogP contribution in [-0.2, 0) is 0 Å². The molecule has 25 heavy (non-hydrogen) atoms. The number of carbonyl (C=O) groups excluding carboxylic acids is 1. The maximum Gasteiger partial charge on any atom is 0.319 e. The van der Waals surface area contributed by atoms with Gasteiger partial charge in [0.15, 0.2) is 0 Å². The Balaban J connectivity index is 2.10. The van der Waals surface area contributed by atoms with Crippen molar-refractivity contribution in [1.82, 2.24) is 5.32 Å². The highest BCUT2D eigenvalue weighted by Crippen LogP contribution is 2.29. The summed E-state index contributed by atoms with van der Waals surface area (Å²) in [5, 5.41) is 16.9. The molecule has 0 aromatic heterocycles. The van der Waals surface area contributed by atoms with E-state index >= 15 is 0 Å². The van der Waals surface area contributed by atoms with Crippen LogP contribution in [0.25, 0.3) is 0 Å². The minimum absolute atomic E-state index is 0.115. The average molecular weight is 364 g/mol. The number of hydrogen-bond acceptors (Lipinski definition) is 4. The van der Waals surface area contributed by atoms with Crippen LogP contribution in [0.2, 0.25) is 5.02 Å². The van der Waals surface area contributed by atoms with Crippen molar-refractivity contribution in [1.29, 1.82) is 0 Å². The number of ether oxygens (including phenoxy) is 1. The molecule has 0 radical (unpaired) electrons. The van der Waals surface area contributed by atoms with E-state index in [9.17, 15) is 14.9 Å². The third-order valence-corrected chi connectivity index (χ3v) is 3.88. The molecule has 0 aliphatic heterocycles. The van der Waals surface area contributed by atoms with Gasteiger partial charge in [0.2, 0.25) is 0 Å². The van der Waals surface area contributed by atoms with Crippen LogP contribution in [0.5, 0.6) is 5.75 Å². The molecule has 0 unspecified atom stereocenters. The van der Waals surface area contributed by atoms with Crippen LogP contribution in [-0.4, -0.2) is 18.1 Å². The molecule has 0 spiro atoms. The van der Waals surface area contributed by atoms with Crippen molar-refractivity contribution in [3.63, 3.8) is 0 Å². The summed E-state index contributed by atoms with van der Waals surface area (Å²) in [5.41, 5.74) is 1.16. The number of anilines is 1. The number of nitro benzene ring substituents is 1. The molecule has 2 aromatic carbocycles. The van der Waals surface area contributed by atoms with Gasteiger partial charge in [0.1, 0.15) is 5.75 Å². The Hall–Kier alpha value is -2.80. The lowest BCUT2D eigenvalue weighted by Crippen LogP contribution is -2.32. The highest BCUT2D eigenvalue weighted by Gasteiger charge is 2.16. The van der Waals surface area contributed by atoms with Crippen molar-refractivity contribution in [3.05, 3.63) is 63.2 Å². The summed E-state index contributed by atoms with van der Waals surface area (Å²) in [5.74, 6) is 0.212. The summed E-state index contributed by atoms with van der Waals surface area (Å²) in [6.07, 6.45) is 0.687. The largest absolute Gasteiger partial charge is 0.494 e. The topological polar surface area (TPSA) is 93.5 Å². The second kappa shape index (κ2) is 8.34. The molecule has 1 atom stereocenters. The van der Waals surface area contributed by atoms with Gasteiger partial charge in [-0.3, -0.25) is 10.1 Å². The summed E-state index contributed by atoms with van der Waals surface area (Å²) in [6.45, 7) is 1.95. The van der Waals surface area contributed by atoms with E-state index in [2.05, 4.69) is 10.6 Å². The lowest BCUT2D eigenvalue weighted by molar-refractivity contribution is -0.384. The molecule has 2 amide bonds. The summed E-state index contributed by atoms with van der Waals surface area (Å²) in [7, 11) is 1.38. The first-order valence-electron chi connectivity index (χ1n) is 7.60. The molecule has 0 saturated heterocycles. The monoisotopic (exact) mass is 363 g/mol. The van der Waals surface area contributed by atoms with E-state index in [0.29, 0.717) is 17.1 Å². The molecule has 0 aliphatic rings. The number of amides is 2. The normalized spacial score (nSPS) is 11.5. The molecule has 2 aromatic rings. The van der Waals surface area contributed by atoms with Gasteiger partial charge in [-0.25, -0.2) is 4.79 Å². The molecular weight excluding hydrogens is 346 g/mol. The second-order valence-electron chi connectivity index (χ2n) is 5.25. The Labute approximate surface area is 150 Å². The summed E-state index contributed by atoms with van der Waals surface area (Å²) in [6, 6.07) is 10.6. The minimum Gasteiger partial charge on any atom is -0.494 e. The maximum atomic E-state index is 12.3. The number of carbonyl (C=O) groups is 1. The molecule has 8 heteroatoms. The molecule has 0 fully saturated rings. The first-order chi connectivity index (χ1) is 11.9. The zero-order valence-corrected chi connectivity index (χ0v) is 14.5. The molecule has 0 bridgehead atoms. The fourth-order valence-corrected chi connectivity index (χ4v) is 2.46. The Bertz CT molecular complexity index is 765. The fraction of sp³-hybridized carbons (Fsp3) is 0.235. The van der Waals surface area contributed by atoms with Gasteiger partial charge >= 0.3 is 6.03 Å². The van der Waals surface area contributed by atoms with Crippen molar-refractivity contribution < 1.29 is 14.5 Å². The van der Waals surface area contributed by atoms with E-state index < -0.39 is 11.0 Å². The number of nitrogens with one attached hydrogen (secondary N) is 2. The Morgan fingerprint density at radius 3 is 2.52 bits per heavy atom. The lowest BCUT2D eigenvalue weighted by atomic mass is 10.1. The van der Waals surface area contributed by atoms with Gasteiger partial charge in [-0.2, -0.15) is 0 Å². The fourth-order valence-electron chi connectivity index (χ4n) is 2.33. The van der Waals surface area contributed by atoms with Crippen LogP contribution in [0, 0.1) is 10.1 Å². The van der Waals surface area contributed by atoms with Gasteiger partial charge < -0.3 is 15.4 Å². The van der Waals surface area contributed by atoms with E-state index in [0.717, 1.165) is 5.56 Å². The van der Waals surface area contributed by atoms with E-state index in [-0.39, 0.29) is 17.5 Å². The molecule has 2 N–H and O–H groups in total. The van der Waals surface area contributed by atoms with Crippen LogP contribution in [0.15, 0.2) is 42.5 Å². The number of hydrogen-bond donors (Lipinski definition) is 2. The van der Waals surface area contributed by atoms with E-state index in [1.165, 1.54) is 25.3 Å². The average Bonchev–Trinajstić information content (AvgIpc) is 2.60. The number of rotatable bonds is 6. The molecule has 132 valence electrons. The third kappa shape index (κ3) is 4.84. The second-order valence-corrected chi connectivity index (χ2v) is 5.69. The summed E-state index contributed by atoms with van der Waals surface area (Å²) in [4.78, 5) is 22.6. The minimum atomic E-state index is -0.528. The lowest BCUT2D eigenvalue weighted by Gasteiger charge is -2.18. The number of nitrogens with zero attached hydrogens (tertiary/aromatic N) is 1. The Kier molecular flexibility index (Phi) is 6.19.